The first-order valence-corrected chi connectivity index (χ1v) is 19.1. The number of nitrogens with zero attached hydrogens (tertiary/aromatic N) is 4. The van der Waals surface area contributed by atoms with E-state index >= 15 is 0 Å². The van der Waals surface area contributed by atoms with E-state index in [1.807, 2.05) is 7.05 Å². The maximum atomic E-state index is 13.9. The number of benzene rings is 2. The summed E-state index contributed by atoms with van der Waals surface area (Å²) in [4.78, 5) is 32.8. The van der Waals surface area contributed by atoms with Gasteiger partial charge in [-0.2, -0.15) is 0 Å². The molecule has 13 nitrogen and oxygen atoms in total. The van der Waals surface area contributed by atoms with E-state index in [4.69, 9.17) is 16.3 Å². The Kier molecular flexibility index (Phi) is 14.7. The average Bonchev–Trinajstić information content (AvgIpc) is 3.08. The largest absolute Gasteiger partial charge is 0.453 e. The molecule has 2 aromatic rings. The van der Waals surface area contributed by atoms with Crippen LogP contribution in [0.1, 0.15) is 81.7 Å². The third-order valence-corrected chi connectivity index (χ3v) is 10.3. The molecular formula is C41H57ClN4O9. The van der Waals surface area contributed by atoms with E-state index in [-0.39, 0.29) is 48.2 Å². The predicted molar refractivity (Wildman–Crippen MR) is 209 cm³/mol. The van der Waals surface area contributed by atoms with Gasteiger partial charge in [-0.3, -0.25) is 19.4 Å². The average molecular weight is 785 g/mol. The minimum atomic E-state index is -3.40. The summed E-state index contributed by atoms with van der Waals surface area (Å²) in [6.45, 7) is 16.0. The minimum absolute atomic E-state index is 0.0108. The first kappa shape index (κ1) is 43.9. The number of likely N-dealkylation sites (N-methyl/N-ethyl adjacent to an activating group) is 1. The minimum Gasteiger partial charge on any atom is -0.417 e. The van der Waals surface area contributed by atoms with Gasteiger partial charge in [0.15, 0.2) is 0 Å². The molecule has 14 heteroatoms. The Hall–Kier alpha value is -3.79. The lowest BCUT2D eigenvalue weighted by Gasteiger charge is -2.42. The summed E-state index contributed by atoms with van der Waals surface area (Å²) in [5.41, 5.74) is 3.06. The molecule has 0 bridgehead atoms. The van der Waals surface area contributed by atoms with Gasteiger partial charge in [-0.05, 0) is 110 Å². The Labute approximate surface area is 329 Å². The fourth-order valence-corrected chi connectivity index (χ4v) is 7.40. The number of ether oxygens (including phenoxy) is 1. The van der Waals surface area contributed by atoms with Crippen LogP contribution < -0.4 is 4.74 Å². The number of aryl methyl sites for hydroxylation is 1. The normalized spacial score (nSPS) is 21.4. The highest BCUT2D eigenvalue weighted by Crippen LogP contribution is 2.42. The van der Waals surface area contributed by atoms with Crippen LogP contribution in [-0.2, 0) is 16.0 Å². The molecule has 0 aromatic heterocycles. The van der Waals surface area contributed by atoms with E-state index in [9.17, 15) is 40.2 Å². The number of aliphatic hydroxyl groups is 6. The second-order valence-corrected chi connectivity index (χ2v) is 15.8. The fraction of sp³-hybridized carbons (Fsp3) is 0.512. The summed E-state index contributed by atoms with van der Waals surface area (Å²) in [5.74, 6) is 0.654. The van der Waals surface area contributed by atoms with E-state index in [2.05, 4.69) is 32.3 Å². The van der Waals surface area contributed by atoms with Crippen LogP contribution in [0, 0.1) is 18.8 Å². The maximum Gasteiger partial charge on any atom is 0.453 e. The zero-order valence-corrected chi connectivity index (χ0v) is 33.4. The molecule has 1 saturated carbocycles. The Balaban J connectivity index is 0.00000160. The number of hydrogen-bond acceptors (Lipinski definition) is 11. The SMILES string of the molecule is C=C(/C=C\C(=C/C)N1C(=O)Cc2cc(OC(O)(O)O)c(C)cc2C1c1ccc(Cl)cc1)N(CC1CCC(N2CCN(C)C(=O)C2)CC1)C(O)(O)O.CC(C)C. The number of hydrogen-bond donors (Lipinski definition) is 6. The molecule has 2 heterocycles. The van der Waals surface area contributed by atoms with E-state index in [0.717, 1.165) is 54.2 Å². The third kappa shape index (κ3) is 11.9. The van der Waals surface area contributed by atoms with Crippen molar-refractivity contribution in [2.24, 2.45) is 11.8 Å². The van der Waals surface area contributed by atoms with Crippen molar-refractivity contribution >= 4 is 23.4 Å². The molecule has 2 aromatic carbocycles. The molecule has 2 aliphatic heterocycles. The second kappa shape index (κ2) is 18.4. The van der Waals surface area contributed by atoms with Gasteiger partial charge >= 0.3 is 12.3 Å². The van der Waals surface area contributed by atoms with Crippen LogP contribution in [-0.4, -0.2) is 114 Å². The highest BCUT2D eigenvalue weighted by atomic mass is 35.5. The van der Waals surface area contributed by atoms with Crippen LogP contribution in [0.3, 0.4) is 0 Å². The number of rotatable bonds is 11. The first-order valence-electron chi connectivity index (χ1n) is 18.7. The fourth-order valence-electron chi connectivity index (χ4n) is 7.27. The summed E-state index contributed by atoms with van der Waals surface area (Å²) in [6, 6.07) is 9.87. The van der Waals surface area contributed by atoms with Crippen LogP contribution >= 0.6 is 11.6 Å². The van der Waals surface area contributed by atoms with Crippen molar-refractivity contribution in [1.29, 1.82) is 0 Å². The molecule has 302 valence electrons. The molecule has 1 aliphatic carbocycles. The van der Waals surface area contributed by atoms with E-state index in [1.54, 1.807) is 66.1 Å². The second-order valence-electron chi connectivity index (χ2n) is 15.3. The molecule has 3 aliphatic rings. The van der Waals surface area contributed by atoms with Crippen LogP contribution in [0.2, 0.25) is 5.02 Å². The van der Waals surface area contributed by atoms with Gasteiger partial charge in [0.25, 0.3) is 0 Å². The lowest BCUT2D eigenvalue weighted by atomic mass is 9.84. The van der Waals surface area contributed by atoms with Crippen molar-refractivity contribution in [2.45, 2.75) is 91.1 Å². The first-order chi connectivity index (χ1) is 25.7. The molecule has 5 rings (SSSR count). The van der Waals surface area contributed by atoms with Crippen molar-refractivity contribution in [3.8, 4) is 5.75 Å². The molecule has 1 saturated heterocycles. The molecule has 55 heavy (non-hydrogen) atoms. The third-order valence-electron chi connectivity index (χ3n) is 10.0. The van der Waals surface area contributed by atoms with Crippen molar-refractivity contribution in [3.63, 3.8) is 0 Å². The van der Waals surface area contributed by atoms with Crippen molar-refractivity contribution in [3.05, 3.63) is 99.9 Å². The van der Waals surface area contributed by atoms with Crippen LogP contribution in [0.15, 0.2) is 72.6 Å². The van der Waals surface area contributed by atoms with E-state index < -0.39 is 18.3 Å². The number of halogens is 1. The predicted octanol–water partition coefficient (Wildman–Crippen LogP) is 3.95. The number of carbonyl (C=O) groups is 2. The van der Waals surface area contributed by atoms with Gasteiger partial charge in [0.1, 0.15) is 5.75 Å². The number of carbonyl (C=O) groups excluding carboxylic acids is 2. The molecule has 0 radical (unpaired) electrons. The van der Waals surface area contributed by atoms with E-state index in [1.165, 1.54) is 12.1 Å². The van der Waals surface area contributed by atoms with Gasteiger partial charge in [0.05, 0.1) is 19.0 Å². The zero-order chi connectivity index (χ0) is 40.8. The van der Waals surface area contributed by atoms with Gasteiger partial charge in [0.2, 0.25) is 11.8 Å². The van der Waals surface area contributed by atoms with Crippen molar-refractivity contribution in [2.75, 3.05) is 33.2 Å². The lowest BCUT2D eigenvalue weighted by molar-refractivity contribution is -0.419. The van der Waals surface area contributed by atoms with Crippen LogP contribution in [0.4, 0.5) is 0 Å². The number of allylic oxidation sites excluding steroid dienone is 3. The van der Waals surface area contributed by atoms with E-state index in [0.29, 0.717) is 34.9 Å². The number of piperazine rings is 1. The summed E-state index contributed by atoms with van der Waals surface area (Å²) in [5, 5.41) is 60.0. The van der Waals surface area contributed by atoms with Crippen molar-refractivity contribution in [1.82, 2.24) is 19.6 Å². The highest BCUT2D eigenvalue weighted by molar-refractivity contribution is 6.30. The molecular weight excluding hydrogens is 728 g/mol. The maximum absolute atomic E-state index is 13.9. The molecule has 1 unspecified atom stereocenters. The Morgan fingerprint density at radius 1 is 0.982 bits per heavy atom. The van der Waals surface area contributed by atoms with Gasteiger partial charge in [-0.1, -0.05) is 57.2 Å². The monoisotopic (exact) mass is 784 g/mol. The van der Waals surface area contributed by atoms with Gasteiger partial charge in [0, 0.05) is 49.1 Å². The Bertz CT molecular complexity index is 1720. The van der Waals surface area contributed by atoms with Gasteiger partial charge < -0.3 is 45.2 Å². The lowest BCUT2D eigenvalue weighted by Crippen LogP contribution is -2.53. The quantitative estimate of drug-likeness (QED) is 0.144. The van der Waals surface area contributed by atoms with Crippen LogP contribution in [0.25, 0.3) is 0 Å². The molecule has 6 N–H and O–H groups in total. The topological polar surface area (TPSA) is 178 Å². The molecule has 2 amide bonds. The molecule has 0 spiro atoms. The Morgan fingerprint density at radius 3 is 2.15 bits per heavy atom. The molecule has 2 fully saturated rings. The number of amides is 2. The Morgan fingerprint density at radius 2 is 1.60 bits per heavy atom. The standard InChI is InChI=1S/C37H47ClN4O9.C4H10/c1-5-29(13-6-24(3)41(36(45,46)47)21-25-7-14-30(15-8-25)40-17-16-39(4)34(44)22-40)42-33(43)20-27-19-32(51-37(48,49)50)23(2)18-31(27)35(42)26-9-11-28(38)12-10-26;1-4(2)3/h5-6,9-13,18-19,25,30,35,45-50H,3,7-8,14-17,20-22H2,1-2,4H3;4H,1-3H3/b13-6-,29-5+;. The smallest absolute Gasteiger partial charge is 0.417 e. The summed E-state index contributed by atoms with van der Waals surface area (Å²) in [7, 11) is 1.81. The highest BCUT2D eigenvalue weighted by Gasteiger charge is 2.38. The van der Waals surface area contributed by atoms with Gasteiger partial charge in [-0.15, -0.1) is 0 Å². The summed E-state index contributed by atoms with van der Waals surface area (Å²) >= 11 is 6.20. The van der Waals surface area contributed by atoms with Crippen molar-refractivity contribution < 1.29 is 45.0 Å². The number of fused-ring (bicyclic) bond motifs is 1. The van der Waals surface area contributed by atoms with Gasteiger partial charge in [-0.25, -0.2) is 0 Å². The van der Waals surface area contributed by atoms with Crippen LogP contribution in [0.5, 0.6) is 5.75 Å². The molecule has 1 atom stereocenters. The summed E-state index contributed by atoms with van der Waals surface area (Å²) < 4.78 is 4.91. The zero-order valence-electron chi connectivity index (χ0n) is 32.7. The summed E-state index contributed by atoms with van der Waals surface area (Å²) in [6.07, 6.45) is 1.41.